The van der Waals surface area contributed by atoms with Gasteiger partial charge in [0.1, 0.15) is 23.5 Å². The third kappa shape index (κ3) is 2.48. The van der Waals surface area contributed by atoms with Crippen LogP contribution in [-0.4, -0.2) is 28.8 Å². The van der Waals surface area contributed by atoms with E-state index in [9.17, 15) is 4.79 Å². The molecule has 24 heavy (non-hydrogen) atoms. The van der Waals surface area contributed by atoms with Gasteiger partial charge in [0, 0.05) is 30.3 Å². The van der Waals surface area contributed by atoms with E-state index in [1.807, 2.05) is 0 Å². The number of aryl methyl sites for hydroxylation is 1. The number of nitrogens with zero attached hydrogens (tertiary/aromatic N) is 3. The standard InChI is InChI=1S/C16H13Cl2N3O3/c1-21-15-8(6-19-7-20-15)4-9(16(21)22)12-13(17)10(23-2)5-11(24-3)14(12)18/h4-7H,1-3H3. The van der Waals surface area contributed by atoms with Crippen LogP contribution in [0.1, 0.15) is 0 Å². The van der Waals surface area contributed by atoms with Crippen molar-refractivity contribution in [2.75, 3.05) is 14.2 Å². The Kier molecular flexibility index (Phi) is 4.34. The number of rotatable bonds is 3. The van der Waals surface area contributed by atoms with Gasteiger partial charge in [-0.1, -0.05) is 23.2 Å². The summed E-state index contributed by atoms with van der Waals surface area (Å²) in [7, 11) is 4.58. The molecule has 0 aliphatic heterocycles. The van der Waals surface area contributed by atoms with Crippen molar-refractivity contribution in [3.63, 3.8) is 0 Å². The smallest absolute Gasteiger partial charge is 0.259 e. The Morgan fingerprint density at radius 3 is 2.29 bits per heavy atom. The molecule has 0 amide bonds. The van der Waals surface area contributed by atoms with Crippen molar-refractivity contribution in [2.45, 2.75) is 0 Å². The fraction of sp³-hybridized carbons (Fsp3) is 0.188. The van der Waals surface area contributed by atoms with Crippen molar-refractivity contribution in [2.24, 2.45) is 7.05 Å². The van der Waals surface area contributed by atoms with Crippen LogP contribution in [0.5, 0.6) is 11.5 Å². The van der Waals surface area contributed by atoms with E-state index in [0.29, 0.717) is 33.7 Å². The van der Waals surface area contributed by atoms with Crippen LogP contribution in [0, 0.1) is 0 Å². The van der Waals surface area contributed by atoms with Crippen LogP contribution < -0.4 is 15.0 Å². The van der Waals surface area contributed by atoms with E-state index in [1.54, 1.807) is 25.4 Å². The molecular formula is C16H13Cl2N3O3. The normalized spacial score (nSPS) is 10.9. The first-order chi connectivity index (χ1) is 11.5. The number of ether oxygens (including phenoxy) is 2. The predicted molar refractivity (Wildman–Crippen MR) is 93.3 cm³/mol. The van der Waals surface area contributed by atoms with Crippen molar-refractivity contribution < 1.29 is 9.47 Å². The number of aromatic nitrogens is 3. The number of pyridine rings is 1. The number of halogens is 2. The third-order valence-corrected chi connectivity index (χ3v) is 4.46. The molecular weight excluding hydrogens is 353 g/mol. The lowest BCUT2D eigenvalue weighted by Gasteiger charge is -2.15. The lowest BCUT2D eigenvalue weighted by molar-refractivity contribution is 0.395. The van der Waals surface area contributed by atoms with Crippen molar-refractivity contribution in [3.8, 4) is 22.6 Å². The molecule has 0 radical (unpaired) electrons. The topological polar surface area (TPSA) is 66.2 Å². The summed E-state index contributed by atoms with van der Waals surface area (Å²) in [6.07, 6.45) is 3.00. The highest BCUT2D eigenvalue weighted by molar-refractivity contribution is 6.41. The minimum atomic E-state index is -0.291. The molecule has 3 rings (SSSR count). The molecule has 0 atom stereocenters. The van der Waals surface area contributed by atoms with Crippen LogP contribution in [-0.2, 0) is 7.05 Å². The summed E-state index contributed by atoms with van der Waals surface area (Å²) in [5.41, 5.74) is 0.883. The van der Waals surface area contributed by atoms with Gasteiger partial charge in [0.15, 0.2) is 0 Å². The van der Waals surface area contributed by atoms with Gasteiger partial charge in [-0.05, 0) is 6.07 Å². The molecule has 0 bridgehead atoms. The van der Waals surface area contributed by atoms with Gasteiger partial charge in [0.25, 0.3) is 5.56 Å². The molecule has 0 fully saturated rings. The van der Waals surface area contributed by atoms with Crippen LogP contribution in [0.2, 0.25) is 10.0 Å². The van der Waals surface area contributed by atoms with Crippen LogP contribution in [0.25, 0.3) is 22.2 Å². The zero-order valence-corrected chi connectivity index (χ0v) is 14.6. The first kappa shape index (κ1) is 16.5. The van der Waals surface area contributed by atoms with E-state index >= 15 is 0 Å². The molecule has 0 unspecified atom stereocenters. The number of benzene rings is 1. The molecule has 6 nitrogen and oxygen atoms in total. The second-order valence-electron chi connectivity index (χ2n) is 5.01. The largest absolute Gasteiger partial charge is 0.495 e. The SMILES string of the molecule is COc1cc(OC)c(Cl)c(-c2cc3cncnc3n(C)c2=O)c1Cl. The second kappa shape index (κ2) is 6.30. The highest BCUT2D eigenvalue weighted by Gasteiger charge is 2.22. The Bertz CT molecular complexity index is 974. The average Bonchev–Trinajstić information content (AvgIpc) is 2.59. The van der Waals surface area contributed by atoms with E-state index in [2.05, 4.69) is 9.97 Å². The zero-order chi connectivity index (χ0) is 17.4. The maximum absolute atomic E-state index is 12.8. The van der Waals surface area contributed by atoms with Gasteiger partial charge in [0.2, 0.25) is 0 Å². The fourth-order valence-electron chi connectivity index (χ4n) is 2.51. The lowest BCUT2D eigenvalue weighted by atomic mass is 10.0. The molecule has 2 heterocycles. The number of hydrogen-bond donors (Lipinski definition) is 0. The Hall–Kier alpha value is -2.31. The monoisotopic (exact) mass is 365 g/mol. The van der Waals surface area contributed by atoms with Crippen molar-refractivity contribution in [3.05, 3.63) is 45.1 Å². The molecule has 0 saturated heterocycles. The summed E-state index contributed by atoms with van der Waals surface area (Å²) in [5.74, 6) is 0.721. The molecule has 124 valence electrons. The molecule has 2 aromatic heterocycles. The maximum Gasteiger partial charge on any atom is 0.259 e. The highest BCUT2D eigenvalue weighted by Crippen LogP contribution is 2.45. The summed E-state index contributed by atoms with van der Waals surface area (Å²) in [5, 5.41) is 1.15. The van der Waals surface area contributed by atoms with Crippen molar-refractivity contribution >= 4 is 34.2 Å². The van der Waals surface area contributed by atoms with Crippen LogP contribution >= 0.6 is 23.2 Å². The first-order valence-corrected chi connectivity index (χ1v) is 7.65. The van der Waals surface area contributed by atoms with Gasteiger partial charge >= 0.3 is 0 Å². The zero-order valence-electron chi connectivity index (χ0n) is 13.1. The molecule has 0 aliphatic carbocycles. The van der Waals surface area contributed by atoms with Gasteiger partial charge in [-0.3, -0.25) is 9.36 Å². The second-order valence-corrected chi connectivity index (χ2v) is 5.76. The average molecular weight is 366 g/mol. The predicted octanol–water partition coefficient (Wildman–Crippen LogP) is 3.32. The number of hydrogen-bond acceptors (Lipinski definition) is 5. The number of methoxy groups -OCH3 is 2. The summed E-state index contributed by atoms with van der Waals surface area (Å²) in [4.78, 5) is 20.9. The van der Waals surface area contributed by atoms with Crippen LogP contribution in [0.4, 0.5) is 0 Å². The van der Waals surface area contributed by atoms with Gasteiger partial charge in [-0.25, -0.2) is 9.97 Å². The Balaban J connectivity index is 2.44. The quantitative estimate of drug-likeness (QED) is 0.712. The fourth-order valence-corrected chi connectivity index (χ4v) is 3.22. The number of fused-ring (bicyclic) bond motifs is 1. The minimum Gasteiger partial charge on any atom is -0.495 e. The van der Waals surface area contributed by atoms with E-state index in [0.717, 1.165) is 0 Å². The molecule has 0 spiro atoms. The maximum atomic E-state index is 12.8. The van der Waals surface area contributed by atoms with Crippen molar-refractivity contribution in [1.82, 2.24) is 14.5 Å². The Morgan fingerprint density at radius 2 is 1.71 bits per heavy atom. The molecule has 0 N–H and O–H groups in total. The molecule has 3 aromatic rings. The van der Waals surface area contributed by atoms with Crippen LogP contribution in [0.15, 0.2) is 29.5 Å². The van der Waals surface area contributed by atoms with Crippen LogP contribution in [0.3, 0.4) is 0 Å². The highest BCUT2D eigenvalue weighted by atomic mass is 35.5. The Morgan fingerprint density at radius 1 is 1.08 bits per heavy atom. The molecule has 1 aromatic carbocycles. The van der Waals surface area contributed by atoms with E-state index in [-0.39, 0.29) is 15.6 Å². The summed E-state index contributed by atoms with van der Waals surface area (Å²) >= 11 is 12.8. The van der Waals surface area contributed by atoms with Gasteiger partial charge < -0.3 is 9.47 Å². The summed E-state index contributed by atoms with van der Waals surface area (Å²) in [6.45, 7) is 0. The van der Waals surface area contributed by atoms with E-state index in [4.69, 9.17) is 32.7 Å². The summed E-state index contributed by atoms with van der Waals surface area (Å²) in [6, 6.07) is 3.23. The molecule has 0 saturated carbocycles. The van der Waals surface area contributed by atoms with Gasteiger partial charge in [0.05, 0.1) is 29.8 Å². The summed E-state index contributed by atoms with van der Waals surface area (Å²) < 4.78 is 11.9. The minimum absolute atomic E-state index is 0.233. The van der Waals surface area contributed by atoms with E-state index < -0.39 is 0 Å². The van der Waals surface area contributed by atoms with Crippen molar-refractivity contribution in [1.29, 1.82) is 0 Å². The third-order valence-electron chi connectivity index (χ3n) is 3.71. The van der Waals surface area contributed by atoms with E-state index in [1.165, 1.54) is 25.1 Å². The molecule has 8 heteroatoms. The molecule has 0 aliphatic rings. The lowest BCUT2D eigenvalue weighted by Crippen LogP contribution is -2.20. The van der Waals surface area contributed by atoms with Gasteiger partial charge in [-0.15, -0.1) is 0 Å². The Labute approximate surface area is 147 Å². The first-order valence-electron chi connectivity index (χ1n) is 6.89. The van der Waals surface area contributed by atoms with Gasteiger partial charge in [-0.2, -0.15) is 0 Å².